The van der Waals surface area contributed by atoms with Gasteiger partial charge in [0, 0.05) is 0 Å². The Bertz CT molecular complexity index is 438. The van der Waals surface area contributed by atoms with Gasteiger partial charge in [0.05, 0.1) is 12.3 Å². The molecule has 7 heteroatoms. The lowest BCUT2D eigenvalue weighted by atomic mass is 10.4. The summed E-state index contributed by atoms with van der Waals surface area (Å²) in [5.74, 6) is -2.41. The van der Waals surface area contributed by atoms with Gasteiger partial charge in [0.25, 0.3) is 0 Å². The van der Waals surface area contributed by atoms with E-state index in [0.717, 1.165) is 12.3 Å². The molecule has 0 aromatic carbocycles. The maximum atomic E-state index is 12.5. The minimum absolute atomic E-state index is 0.0542. The second kappa shape index (κ2) is 5.41. The molecule has 0 aliphatic rings. The van der Waals surface area contributed by atoms with Crippen molar-refractivity contribution in [1.29, 1.82) is 5.26 Å². The number of hydrogen-bond acceptors (Lipinski definition) is 4. The Morgan fingerprint density at radius 1 is 1.44 bits per heavy atom. The predicted octanol–water partition coefficient (Wildman–Crippen LogP) is -0.201. The fourth-order valence-corrected chi connectivity index (χ4v) is 0.823. The first kappa shape index (κ1) is 11.6. The topological polar surface area (TPSA) is 94.9 Å². The van der Waals surface area contributed by atoms with E-state index in [4.69, 9.17) is 5.26 Å². The quantitative estimate of drug-likeness (QED) is 0.535. The Morgan fingerprint density at radius 3 is 2.75 bits per heavy atom. The van der Waals surface area contributed by atoms with Crippen LogP contribution in [0.1, 0.15) is 0 Å². The first-order valence-electron chi connectivity index (χ1n) is 4.21. The van der Waals surface area contributed by atoms with E-state index in [-0.39, 0.29) is 12.4 Å². The number of carbonyl (C=O) groups excluding carboxylic acids is 2. The number of nitrogens with zero attached hydrogens (tertiary/aromatic N) is 2. The van der Waals surface area contributed by atoms with Crippen LogP contribution in [0.2, 0.25) is 0 Å². The van der Waals surface area contributed by atoms with E-state index in [1.165, 1.54) is 6.07 Å². The number of hydrogen-bond donors (Lipinski definition) is 2. The molecule has 0 radical (unpaired) electrons. The molecular weight excluding hydrogens is 215 g/mol. The molecule has 0 saturated heterocycles. The zero-order valence-electron chi connectivity index (χ0n) is 8.03. The molecule has 0 fully saturated rings. The van der Waals surface area contributed by atoms with Gasteiger partial charge in [0.15, 0.2) is 0 Å². The summed E-state index contributed by atoms with van der Waals surface area (Å²) in [5.41, 5.74) is 0. The van der Waals surface area contributed by atoms with E-state index in [9.17, 15) is 14.0 Å². The van der Waals surface area contributed by atoms with Crippen LogP contribution in [-0.2, 0) is 9.59 Å². The third kappa shape index (κ3) is 3.34. The Hall–Kier alpha value is -2.49. The lowest BCUT2D eigenvalue weighted by molar-refractivity contribution is -0.136. The number of anilines is 1. The van der Waals surface area contributed by atoms with Crippen LogP contribution in [0.25, 0.3) is 0 Å². The molecule has 82 valence electrons. The van der Waals surface area contributed by atoms with E-state index in [1.54, 1.807) is 6.07 Å². The molecule has 0 atom stereocenters. The van der Waals surface area contributed by atoms with Gasteiger partial charge in [0.1, 0.15) is 18.2 Å². The number of pyridine rings is 1. The Labute approximate surface area is 90.1 Å². The van der Waals surface area contributed by atoms with Gasteiger partial charge < -0.3 is 10.6 Å². The number of aromatic nitrogens is 1. The molecule has 0 aliphatic carbocycles. The van der Waals surface area contributed by atoms with Gasteiger partial charge in [-0.2, -0.15) is 5.26 Å². The molecule has 1 aromatic heterocycles. The van der Waals surface area contributed by atoms with Gasteiger partial charge in [-0.25, -0.2) is 9.37 Å². The average Bonchev–Trinajstić information content (AvgIpc) is 2.29. The third-order valence-electron chi connectivity index (χ3n) is 1.50. The van der Waals surface area contributed by atoms with Crippen molar-refractivity contribution in [2.45, 2.75) is 0 Å². The van der Waals surface area contributed by atoms with Crippen molar-refractivity contribution >= 4 is 17.6 Å². The van der Waals surface area contributed by atoms with E-state index < -0.39 is 17.6 Å². The van der Waals surface area contributed by atoms with Gasteiger partial charge in [-0.15, -0.1) is 0 Å². The van der Waals surface area contributed by atoms with Gasteiger partial charge >= 0.3 is 11.8 Å². The molecule has 16 heavy (non-hydrogen) atoms. The fraction of sp³-hybridized carbons (Fsp3) is 0.111. The smallest absolute Gasteiger partial charge is 0.314 e. The van der Waals surface area contributed by atoms with E-state index in [2.05, 4.69) is 10.3 Å². The third-order valence-corrected chi connectivity index (χ3v) is 1.50. The average molecular weight is 222 g/mol. The standard InChI is InChI=1S/C9H7FN4O2/c10-6-1-2-7(13-5-6)14-9(16)8(15)12-4-3-11/h1-2,5H,4H2,(H,12,15)(H,13,14,16). The van der Waals surface area contributed by atoms with Gasteiger partial charge in [0.2, 0.25) is 0 Å². The number of halogens is 1. The number of nitriles is 1. The molecule has 1 aromatic rings. The van der Waals surface area contributed by atoms with Crippen LogP contribution in [0.3, 0.4) is 0 Å². The van der Waals surface area contributed by atoms with Crippen LogP contribution in [-0.4, -0.2) is 23.3 Å². The zero-order valence-corrected chi connectivity index (χ0v) is 8.03. The van der Waals surface area contributed by atoms with Crippen LogP contribution in [0, 0.1) is 17.1 Å². The highest BCUT2D eigenvalue weighted by molar-refractivity contribution is 6.39. The summed E-state index contributed by atoms with van der Waals surface area (Å²) in [6.45, 7) is -0.261. The van der Waals surface area contributed by atoms with Crippen molar-refractivity contribution in [3.63, 3.8) is 0 Å². The fourth-order valence-electron chi connectivity index (χ4n) is 0.823. The van der Waals surface area contributed by atoms with Crippen molar-refractivity contribution in [2.75, 3.05) is 11.9 Å². The monoisotopic (exact) mass is 222 g/mol. The number of rotatable bonds is 2. The highest BCUT2D eigenvalue weighted by Crippen LogP contribution is 2.02. The maximum absolute atomic E-state index is 12.5. The Morgan fingerprint density at radius 2 is 2.19 bits per heavy atom. The normalized spacial score (nSPS) is 9.00. The van der Waals surface area contributed by atoms with Crippen LogP contribution in [0.15, 0.2) is 18.3 Å². The van der Waals surface area contributed by atoms with Crippen molar-refractivity contribution < 1.29 is 14.0 Å². The summed E-state index contributed by atoms with van der Waals surface area (Å²) in [7, 11) is 0. The minimum Gasteiger partial charge on any atom is -0.335 e. The molecule has 1 rings (SSSR count). The van der Waals surface area contributed by atoms with Crippen LogP contribution >= 0.6 is 0 Å². The first-order chi connectivity index (χ1) is 7.63. The summed E-state index contributed by atoms with van der Waals surface area (Å²) in [6.07, 6.45) is 0.906. The molecule has 0 saturated carbocycles. The summed E-state index contributed by atoms with van der Waals surface area (Å²) >= 11 is 0. The van der Waals surface area contributed by atoms with Crippen molar-refractivity contribution in [1.82, 2.24) is 10.3 Å². The molecule has 0 unspecified atom stereocenters. The van der Waals surface area contributed by atoms with Gasteiger partial charge in [-0.1, -0.05) is 0 Å². The lowest BCUT2D eigenvalue weighted by Gasteiger charge is -2.02. The summed E-state index contributed by atoms with van der Waals surface area (Å²) < 4.78 is 12.5. The molecule has 0 aliphatic heterocycles. The van der Waals surface area contributed by atoms with E-state index >= 15 is 0 Å². The van der Waals surface area contributed by atoms with E-state index in [1.807, 2.05) is 5.32 Å². The minimum atomic E-state index is -0.964. The van der Waals surface area contributed by atoms with Crippen molar-refractivity contribution in [3.8, 4) is 6.07 Å². The van der Waals surface area contributed by atoms with Crippen LogP contribution in [0.5, 0.6) is 0 Å². The molecule has 2 N–H and O–H groups in total. The van der Waals surface area contributed by atoms with Crippen molar-refractivity contribution in [2.24, 2.45) is 0 Å². The van der Waals surface area contributed by atoms with E-state index in [0.29, 0.717) is 0 Å². The predicted molar refractivity (Wildman–Crippen MR) is 51.4 cm³/mol. The van der Waals surface area contributed by atoms with Crippen LogP contribution in [0.4, 0.5) is 10.2 Å². The second-order valence-electron chi connectivity index (χ2n) is 2.66. The number of amides is 2. The lowest BCUT2D eigenvalue weighted by Crippen LogP contribution is -2.35. The Kier molecular flexibility index (Phi) is 3.91. The van der Waals surface area contributed by atoms with Crippen molar-refractivity contribution in [3.05, 3.63) is 24.1 Å². The molecule has 0 bridgehead atoms. The molecule has 1 heterocycles. The summed E-state index contributed by atoms with van der Waals surface area (Å²) in [6, 6.07) is 3.95. The Balaban J connectivity index is 2.55. The maximum Gasteiger partial charge on any atom is 0.314 e. The van der Waals surface area contributed by atoms with Crippen LogP contribution < -0.4 is 10.6 Å². The molecular formula is C9H7FN4O2. The molecule has 6 nitrogen and oxygen atoms in total. The zero-order chi connectivity index (χ0) is 12.0. The highest BCUT2D eigenvalue weighted by Gasteiger charge is 2.13. The van der Waals surface area contributed by atoms with Gasteiger partial charge in [-0.05, 0) is 12.1 Å². The first-order valence-corrected chi connectivity index (χ1v) is 4.21. The number of carbonyl (C=O) groups is 2. The highest BCUT2D eigenvalue weighted by atomic mass is 19.1. The number of nitrogens with one attached hydrogen (secondary N) is 2. The molecule has 0 spiro atoms. The van der Waals surface area contributed by atoms with Gasteiger partial charge in [-0.3, -0.25) is 9.59 Å². The largest absolute Gasteiger partial charge is 0.335 e. The summed E-state index contributed by atoms with van der Waals surface area (Å²) in [5, 5.41) is 12.4. The second-order valence-corrected chi connectivity index (χ2v) is 2.66. The molecule has 2 amide bonds. The SMILES string of the molecule is N#CCNC(=O)C(=O)Nc1ccc(F)cn1. The summed E-state index contributed by atoms with van der Waals surface area (Å²) in [4.78, 5) is 25.7.